The molecule has 0 aliphatic carbocycles. The second-order valence-corrected chi connectivity index (χ2v) is 6.08. The summed E-state index contributed by atoms with van der Waals surface area (Å²) in [4.78, 5) is 15.2. The van der Waals surface area contributed by atoms with Gasteiger partial charge in [-0.15, -0.1) is 0 Å². The molecule has 0 aliphatic heterocycles. The Hall–Kier alpha value is -2.63. The minimum absolute atomic E-state index is 0.0990. The molecule has 0 spiro atoms. The molecule has 22 heavy (non-hydrogen) atoms. The number of hydrogen-bond acceptors (Lipinski definition) is 6. The largest absolute Gasteiger partial charge is 0.465 e. The van der Waals surface area contributed by atoms with E-state index in [1.165, 1.54) is 18.5 Å². The zero-order chi connectivity index (χ0) is 16.2. The van der Waals surface area contributed by atoms with Crippen LogP contribution in [0.25, 0.3) is 6.08 Å². The van der Waals surface area contributed by atoms with E-state index in [1.54, 1.807) is 16.9 Å². The van der Waals surface area contributed by atoms with Crippen LogP contribution in [-0.2, 0) is 14.8 Å². The van der Waals surface area contributed by atoms with Crippen LogP contribution in [0, 0.1) is 11.3 Å². The van der Waals surface area contributed by atoms with Gasteiger partial charge in [0, 0.05) is 18.5 Å². The quantitative estimate of drug-likeness (QED) is 0.671. The molecule has 2 aromatic heterocycles. The van der Waals surface area contributed by atoms with E-state index in [0.717, 1.165) is 18.3 Å². The normalized spacial score (nSPS) is 11.7. The van der Waals surface area contributed by atoms with Crippen LogP contribution in [0.2, 0.25) is 5.02 Å². The second kappa shape index (κ2) is 6.43. The maximum Gasteiger partial charge on any atom is 0.275 e. The molecule has 112 valence electrons. The van der Waals surface area contributed by atoms with Gasteiger partial charge in [-0.3, -0.25) is 9.78 Å². The minimum atomic E-state index is -4.19. The maximum absolute atomic E-state index is 12.0. The number of aromatic nitrogens is 1. The molecule has 0 saturated heterocycles. The number of pyridine rings is 1. The van der Waals surface area contributed by atoms with Crippen LogP contribution in [-0.4, -0.2) is 19.3 Å². The van der Waals surface area contributed by atoms with Crippen molar-refractivity contribution < 1.29 is 17.6 Å². The lowest BCUT2D eigenvalue weighted by Crippen LogP contribution is -2.31. The summed E-state index contributed by atoms with van der Waals surface area (Å²) < 4.78 is 30.8. The Kier molecular flexibility index (Phi) is 4.60. The molecule has 2 rings (SSSR count). The Morgan fingerprint density at radius 2 is 2.23 bits per heavy atom. The molecular formula is C13H8ClN3O4S. The topological polar surface area (TPSA) is 113 Å². The first-order valence-corrected chi connectivity index (χ1v) is 7.61. The molecule has 0 fully saturated rings. The molecule has 2 aromatic rings. The Morgan fingerprint density at radius 3 is 2.82 bits per heavy atom. The number of furan rings is 1. The lowest BCUT2D eigenvalue weighted by molar-refractivity contribution is -0.115. The van der Waals surface area contributed by atoms with E-state index >= 15 is 0 Å². The fraction of sp³-hybridized carbons (Fsp3) is 0. The Balaban J connectivity index is 2.25. The first kappa shape index (κ1) is 15.8. The van der Waals surface area contributed by atoms with Crippen LogP contribution >= 0.6 is 11.6 Å². The number of carbonyl (C=O) groups excluding carboxylic acids is 1. The van der Waals surface area contributed by atoms with Gasteiger partial charge >= 0.3 is 0 Å². The number of halogens is 1. The number of sulfonamides is 1. The van der Waals surface area contributed by atoms with Gasteiger partial charge in [-0.1, -0.05) is 11.6 Å². The summed E-state index contributed by atoms with van der Waals surface area (Å²) in [6.45, 7) is 0. The van der Waals surface area contributed by atoms with Gasteiger partial charge in [0.05, 0.1) is 11.3 Å². The first-order valence-electron chi connectivity index (χ1n) is 5.75. The van der Waals surface area contributed by atoms with E-state index in [-0.39, 0.29) is 15.7 Å². The fourth-order valence-corrected chi connectivity index (χ4v) is 2.63. The van der Waals surface area contributed by atoms with Crippen molar-refractivity contribution in [2.45, 2.75) is 4.90 Å². The average Bonchev–Trinajstić information content (AvgIpc) is 2.97. The van der Waals surface area contributed by atoms with Crippen LogP contribution in [0.1, 0.15) is 5.76 Å². The van der Waals surface area contributed by atoms with Crippen molar-refractivity contribution >= 4 is 33.6 Å². The molecule has 9 heteroatoms. The van der Waals surface area contributed by atoms with Crippen molar-refractivity contribution in [2.75, 3.05) is 0 Å². The van der Waals surface area contributed by atoms with Gasteiger partial charge in [-0.2, -0.15) is 5.26 Å². The minimum Gasteiger partial charge on any atom is -0.465 e. The number of nitrogens with zero attached hydrogens (tertiary/aromatic N) is 2. The van der Waals surface area contributed by atoms with Gasteiger partial charge in [-0.25, -0.2) is 13.1 Å². The molecule has 0 saturated carbocycles. The predicted octanol–water partition coefficient (Wildman–Crippen LogP) is 1.74. The van der Waals surface area contributed by atoms with Crippen molar-refractivity contribution in [1.82, 2.24) is 9.71 Å². The first-order chi connectivity index (χ1) is 10.4. The number of rotatable bonds is 4. The molecule has 7 nitrogen and oxygen atoms in total. The number of hydrogen-bond donors (Lipinski definition) is 1. The molecule has 0 atom stereocenters. The van der Waals surface area contributed by atoms with Gasteiger partial charge in [0.2, 0.25) is 0 Å². The number of amides is 1. The SMILES string of the molecule is N#C/C(=C/c1ccco1)C(=O)NS(=O)(=O)c1cncc(Cl)c1. The summed E-state index contributed by atoms with van der Waals surface area (Å²) in [5, 5.41) is 9.06. The highest BCUT2D eigenvalue weighted by molar-refractivity contribution is 7.90. The molecule has 0 radical (unpaired) electrons. The average molecular weight is 338 g/mol. The third-order valence-corrected chi connectivity index (χ3v) is 3.92. The molecule has 1 N–H and O–H groups in total. The van der Waals surface area contributed by atoms with Crippen molar-refractivity contribution in [3.8, 4) is 6.07 Å². The summed E-state index contributed by atoms with van der Waals surface area (Å²) in [6.07, 6.45) is 4.76. The van der Waals surface area contributed by atoms with E-state index in [1.807, 2.05) is 0 Å². The van der Waals surface area contributed by atoms with Crippen LogP contribution in [0.15, 0.2) is 51.7 Å². The van der Waals surface area contributed by atoms with Crippen LogP contribution in [0.5, 0.6) is 0 Å². The van der Waals surface area contributed by atoms with E-state index < -0.39 is 21.5 Å². The molecule has 0 bridgehead atoms. The van der Waals surface area contributed by atoms with Crippen LogP contribution in [0.4, 0.5) is 0 Å². The third kappa shape index (κ3) is 3.72. The molecule has 1 amide bonds. The predicted molar refractivity (Wildman–Crippen MR) is 76.9 cm³/mol. The molecule has 0 unspecified atom stereocenters. The van der Waals surface area contributed by atoms with Crippen molar-refractivity contribution in [3.63, 3.8) is 0 Å². The molecular weight excluding hydrogens is 330 g/mol. The summed E-state index contributed by atoms with van der Waals surface area (Å²) in [7, 11) is -4.19. The Morgan fingerprint density at radius 1 is 1.45 bits per heavy atom. The fourth-order valence-electron chi connectivity index (χ4n) is 1.44. The summed E-state index contributed by atoms with van der Waals surface area (Å²) in [6, 6.07) is 5.82. The monoisotopic (exact) mass is 337 g/mol. The van der Waals surface area contributed by atoms with Crippen molar-refractivity contribution in [3.05, 3.63) is 53.2 Å². The van der Waals surface area contributed by atoms with Gasteiger partial charge in [0.15, 0.2) is 0 Å². The van der Waals surface area contributed by atoms with Gasteiger partial charge in [-0.05, 0) is 18.2 Å². The van der Waals surface area contributed by atoms with Gasteiger partial charge < -0.3 is 4.42 Å². The number of nitriles is 1. The van der Waals surface area contributed by atoms with E-state index in [9.17, 15) is 13.2 Å². The zero-order valence-electron chi connectivity index (χ0n) is 10.9. The van der Waals surface area contributed by atoms with Crippen molar-refractivity contribution in [1.29, 1.82) is 5.26 Å². The molecule has 0 aliphatic rings. The van der Waals surface area contributed by atoms with Crippen LogP contribution < -0.4 is 4.72 Å². The highest BCUT2D eigenvalue weighted by Gasteiger charge is 2.21. The number of nitrogens with one attached hydrogen (secondary N) is 1. The zero-order valence-corrected chi connectivity index (χ0v) is 12.4. The molecule has 0 aromatic carbocycles. The van der Waals surface area contributed by atoms with E-state index in [2.05, 4.69) is 4.98 Å². The third-order valence-electron chi connectivity index (χ3n) is 2.41. The van der Waals surface area contributed by atoms with Crippen molar-refractivity contribution in [2.24, 2.45) is 0 Å². The lowest BCUT2D eigenvalue weighted by Gasteiger charge is -2.05. The highest BCUT2D eigenvalue weighted by Crippen LogP contribution is 2.14. The second-order valence-electron chi connectivity index (χ2n) is 3.96. The van der Waals surface area contributed by atoms with Crippen LogP contribution in [0.3, 0.4) is 0 Å². The number of carbonyl (C=O) groups is 1. The van der Waals surface area contributed by atoms with Gasteiger partial charge in [0.1, 0.15) is 22.3 Å². The smallest absolute Gasteiger partial charge is 0.275 e. The Labute approximate surface area is 130 Å². The molecule has 2 heterocycles. The van der Waals surface area contributed by atoms with E-state index in [0.29, 0.717) is 0 Å². The summed E-state index contributed by atoms with van der Waals surface area (Å²) in [5.41, 5.74) is -0.423. The standard InChI is InChI=1S/C13H8ClN3O4S/c14-10-5-12(8-16-7-10)22(19,20)17-13(18)9(6-15)4-11-2-1-3-21-11/h1-5,7-8H,(H,17,18)/b9-4-. The maximum atomic E-state index is 12.0. The highest BCUT2D eigenvalue weighted by atomic mass is 35.5. The van der Waals surface area contributed by atoms with E-state index in [4.69, 9.17) is 21.3 Å². The summed E-state index contributed by atoms with van der Waals surface area (Å²) >= 11 is 5.66. The lowest BCUT2D eigenvalue weighted by atomic mass is 10.2. The summed E-state index contributed by atoms with van der Waals surface area (Å²) in [5.74, 6) is -0.840. The van der Waals surface area contributed by atoms with Gasteiger partial charge in [0.25, 0.3) is 15.9 Å². The Bertz CT molecular complexity index is 867.